The van der Waals surface area contributed by atoms with E-state index in [4.69, 9.17) is 0 Å². The Bertz CT molecular complexity index is 372. The zero-order valence-corrected chi connectivity index (χ0v) is 9.75. The molecule has 5 heteroatoms. The maximum Gasteiger partial charge on any atom is 0.178 e. The second-order valence-electron chi connectivity index (χ2n) is 2.80. The van der Waals surface area contributed by atoms with E-state index in [0.29, 0.717) is 13.0 Å². The lowest BCUT2D eigenvalue weighted by atomic mass is 10.2. The third-order valence-electron chi connectivity index (χ3n) is 1.63. The summed E-state index contributed by atoms with van der Waals surface area (Å²) in [6.07, 6.45) is 3.17. The molecule has 78 valence electrons. The highest BCUT2D eigenvalue weighted by molar-refractivity contribution is 7.94. The number of thiocarbonyl (C=S) groups is 1. The predicted octanol–water partition coefficient (Wildman–Crippen LogP) is 1.97. The van der Waals surface area contributed by atoms with Gasteiger partial charge in [-0.3, -0.25) is 0 Å². The molecule has 0 spiro atoms. The normalized spacial score (nSPS) is 10.1. The molecule has 0 heterocycles. The number of isothiocyanates is 1. The van der Waals surface area contributed by atoms with Crippen LogP contribution in [0.3, 0.4) is 0 Å². The molecule has 0 atom stereocenters. The molecule has 0 aliphatic rings. The molecule has 0 saturated heterocycles. The lowest BCUT2D eigenvalue weighted by molar-refractivity contribution is 0.604. The summed E-state index contributed by atoms with van der Waals surface area (Å²) in [5.41, 5.74) is 2.44. The van der Waals surface area contributed by atoms with Gasteiger partial charge in [-0.1, -0.05) is 6.58 Å². The molecule has 0 aromatic rings. The molecular formula is C9H13NO2S2. The van der Waals surface area contributed by atoms with Gasteiger partial charge in [0.2, 0.25) is 0 Å². The Morgan fingerprint density at radius 3 is 2.57 bits per heavy atom. The van der Waals surface area contributed by atoms with E-state index in [0.717, 1.165) is 19.1 Å². The maximum absolute atomic E-state index is 11.1. The van der Waals surface area contributed by atoms with Crippen LogP contribution in [0, 0.1) is 0 Å². The minimum Gasteiger partial charge on any atom is -0.233 e. The average molecular weight is 231 g/mol. The third-order valence-corrected chi connectivity index (χ3v) is 3.01. The lowest BCUT2D eigenvalue weighted by Gasteiger charge is -2.00. The standard InChI is InChI=1S/C9H13NO2S2/c1-3-9(14(2,11)12)6-4-5-7-10-8-13/h1,4-7H2,2H3. The van der Waals surface area contributed by atoms with Crippen LogP contribution >= 0.6 is 12.2 Å². The van der Waals surface area contributed by atoms with Gasteiger partial charge in [0.25, 0.3) is 0 Å². The van der Waals surface area contributed by atoms with Crippen LogP contribution in [0.15, 0.2) is 22.2 Å². The fourth-order valence-electron chi connectivity index (χ4n) is 0.927. The van der Waals surface area contributed by atoms with Gasteiger partial charge < -0.3 is 0 Å². The predicted molar refractivity (Wildman–Crippen MR) is 61.2 cm³/mol. The largest absolute Gasteiger partial charge is 0.233 e. The number of nitrogens with zero attached hydrogens (tertiary/aromatic N) is 1. The molecule has 0 aliphatic heterocycles. The van der Waals surface area contributed by atoms with Crippen LogP contribution in [0.2, 0.25) is 0 Å². The van der Waals surface area contributed by atoms with Crippen molar-refractivity contribution in [1.82, 2.24) is 0 Å². The fourth-order valence-corrected chi connectivity index (χ4v) is 1.80. The van der Waals surface area contributed by atoms with Crippen molar-refractivity contribution in [3.05, 3.63) is 17.2 Å². The summed E-state index contributed by atoms with van der Waals surface area (Å²) in [5, 5.41) is 2.26. The molecule has 3 nitrogen and oxygen atoms in total. The van der Waals surface area contributed by atoms with E-state index in [2.05, 4.69) is 34.7 Å². The number of rotatable bonds is 6. The van der Waals surface area contributed by atoms with Crippen molar-refractivity contribution in [2.75, 3.05) is 12.8 Å². The Morgan fingerprint density at radius 2 is 2.14 bits per heavy atom. The zero-order chi connectivity index (χ0) is 11.0. The monoisotopic (exact) mass is 231 g/mol. The van der Waals surface area contributed by atoms with Gasteiger partial charge in [0.05, 0.1) is 10.1 Å². The molecule has 0 amide bonds. The minimum absolute atomic E-state index is 0.267. The summed E-state index contributed by atoms with van der Waals surface area (Å²) in [6.45, 7) is 3.94. The molecule has 0 fully saturated rings. The Balaban J connectivity index is 4.01. The van der Waals surface area contributed by atoms with Gasteiger partial charge in [-0.25, -0.2) is 13.4 Å². The van der Waals surface area contributed by atoms with Gasteiger partial charge in [-0.05, 0) is 31.5 Å². The summed E-state index contributed by atoms with van der Waals surface area (Å²) < 4.78 is 22.2. The highest BCUT2D eigenvalue weighted by Gasteiger charge is 2.09. The summed E-state index contributed by atoms with van der Waals surface area (Å²) in [5.74, 6) is 0. The van der Waals surface area contributed by atoms with Crippen LogP contribution in [0.4, 0.5) is 0 Å². The molecule has 0 aliphatic carbocycles. The van der Waals surface area contributed by atoms with Crippen LogP contribution in [0.5, 0.6) is 0 Å². The van der Waals surface area contributed by atoms with Crippen LogP contribution in [-0.4, -0.2) is 26.4 Å². The number of unbranched alkanes of at least 4 members (excludes halogenated alkanes) is 1. The van der Waals surface area contributed by atoms with Gasteiger partial charge >= 0.3 is 0 Å². The second-order valence-corrected chi connectivity index (χ2v) is 5.02. The van der Waals surface area contributed by atoms with Crippen LogP contribution in [0.25, 0.3) is 0 Å². The van der Waals surface area contributed by atoms with Crippen molar-refractivity contribution < 1.29 is 8.42 Å². The van der Waals surface area contributed by atoms with Crippen molar-refractivity contribution >= 4 is 27.2 Å². The van der Waals surface area contributed by atoms with E-state index in [9.17, 15) is 8.42 Å². The van der Waals surface area contributed by atoms with Gasteiger partial charge in [0.1, 0.15) is 0 Å². The summed E-state index contributed by atoms with van der Waals surface area (Å²) in [6, 6.07) is 0. The first-order valence-corrected chi connectivity index (χ1v) is 6.45. The topological polar surface area (TPSA) is 46.5 Å². The van der Waals surface area contributed by atoms with Crippen LogP contribution < -0.4 is 0 Å². The summed E-state index contributed by atoms with van der Waals surface area (Å²) in [7, 11) is -3.13. The number of sulfone groups is 1. The van der Waals surface area contributed by atoms with E-state index >= 15 is 0 Å². The maximum atomic E-state index is 11.1. The van der Waals surface area contributed by atoms with Crippen LogP contribution in [-0.2, 0) is 9.84 Å². The zero-order valence-electron chi connectivity index (χ0n) is 8.12. The van der Waals surface area contributed by atoms with E-state index < -0.39 is 9.84 Å². The van der Waals surface area contributed by atoms with Crippen molar-refractivity contribution in [3.8, 4) is 0 Å². The Morgan fingerprint density at radius 1 is 1.50 bits per heavy atom. The SMILES string of the molecule is C=C=C(CCCCN=C=S)S(C)(=O)=O. The van der Waals surface area contributed by atoms with Gasteiger partial charge in [0, 0.05) is 12.8 Å². The number of aliphatic imine (C=N–C) groups is 1. The summed E-state index contributed by atoms with van der Waals surface area (Å²) in [4.78, 5) is 3.99. The fraction of sp³-hybridized carbons (Fsp3) is 0.556. The molecule has 0 unspecified atom stereocenters. The third kappa shape index (κ3) is 5.84. The van der Waals surface area contributed by atoms with E-state index in [-0.39, 0.29) is 4.91 Å². The molecule has 0 radical (unpaired) electrons. The average Bonchev–Trinajstić information content (AvgIpc) is 2.09. The Labute approximate surface area is 90.2 Å². The van der Waals surface area contributed by atoms with E-state index in [1.807, 2.05) is 0 Å². The first-order chi connectivity index (χ1) is 6.52. The molecule has 0 aromatic carbocycles. The number of allylic oxidation sites excluding steroid dienone is 1. The smallest absolute Gasteiger partial charge is 0.178 e. The molecule has 0 aromatic heterocycles. The number of hydrogen-bond donors (Lipinski definition) is 0. The quantitative estimate of drug-likeness (QED) is 0.304. The molecular weight excluding hydrogens is 218 g/mol. The first kappa shape index (κ1) is 13.3. The van der Waals surface area contributed by atoms with Crippen molar-refractivity contribution in [1.29, 1.82) is 0 Å². The van der Waals surface area contributed by atoms with Crippen LogP contribution in [0.1, 0.15) is 19.3 Å². The number of hydrogen-bond acceptors (Lipinski definition) is 4. The molecule has 0 rings (SSSR count). The van der Waals surface area contributed by atoms with Gasteiger partial charge in [-0.15, -0.1) is 5.73 Å². The van der Waals surface area contributed by atoms with Crippen molar-refractivity contribution in [3.63, 3.8) is 0 Å². The molecule has 0 bridgehead atoms. The second kappa shape index (κ2) is 6.68. The molecule has 0 N–H and O–H groups in total. The van der Waals surface area contributed by atoms with Gasteiger partial charge in [-0.2, -0.15) is 0 Å². The summed E-state index contributed by atoms with van der Waals surface area (Å²) >= 11 is 4.40. The highest BCUT2D eigenvalue weighted by Crippen LogP contribution is 2.11. The Kier molecular flexibility index (Phi) is 6.34. The Hall–Kier alpha value is -0.730. The molecule has 14 heavy (non-hydrogen) atoms. The van der Waals surface area contributed by atoms with Crippen molar-refractivity contribution in [2.45, 2.75) is 19.3 Å². The van der Waals surface area contributed by atoms with Gasteiger partial charge in [0.15, 0.2) is 9.84 Å². The first-order valence-electron chi connectivity index (χ1n) is 4.15. The van der Waals surface area contributed by atoms with Crippen molar-refractivity contribution in [2.24, 2.45) is 4.99 Å². The van der Waals surface area contributed by atoms with E-state index in [1.54, 1.807) is 0 Å². The van der Waals surface area contributed by atoms with E-state index in [1.165, 1.54) is 0 Å². The lowest BCUT2D eigenvalue weighted by Crippen LogP contribution is -2.00. The molecule has 0 saturated carbocycles. The highest BCUT2D eigenvalue weighted by atomic mass is 32.2. The minimum atomic E-state index is -3.13.